The molecule has 3 rings (SSSR count). The second kappa shape index (κ2) is 6.40. The Bertz CT molecular complexity index is 487. The van der Waals surface area contributed by atoms with Gasteiger partial charge in [-0.15, -0.1) is 0 Å². The van der Waals surface area contributed by atoms with Crippen LogP contribution in [0.3, 0.4) is 0 Å². The molecule has 0 bridgehead atoms. The minimum atomic E-state index is -0.107. The van der Waals surface area contributed by atoms with Gasteiger partial charge >= 0.3 is 0 Å². The molecule has 0 amide bonds. The van der Waals surface area contributed by atoms with Crippen molar-refractivity contribution in [3.63, 3.8) is 0 Å². The van der Waals surface area contributed by atoms with Crippen molar-refractivity contribution in [1.82, 2.24) is 0 Å². The van der Waals surface area contributed by atoms with Crippen LogP contribution in [0.2, 0.25) is 0 Å². The molecule has 4 atom stereocenters. The highest BCUT2D eigenvalue weighted by atomic mass is 79.9. The van der Waals surface area contributed by atoms with Gasteiger partial charge in [-0.2, -0.15) is 0 Å². The highest BCUT2D eigenvalue weighted by Gasteiger charge is 2.35. The Balaban J connectivity index is 1.78. The molecular formula is C19H26BrF. The fourth-order valence-corrected chi connectivity index (χ4v) is 5.97. The van der Waals surface area contributed by atoms with Crippen LogP contribution in [0.4, 0.5) is 4.39 Å². The molecule has 0 spiro atoms. The Morgan fingerprint density at radius 3 is 2.29 bits per heavy atom. The number of aryl methyl sites for hydroxylation is 2. The third kappa shape index (κ3) is 3.21. The van der Waals surface area contributed by atoms with E-state index in [0.717, 1.165) is 23.0 Å². The molecule has 2 heteroatoms. The van der Waals surface area contributed by atoms with E-state index in [1.807, 2.05) is 13.8 Å². The van der Waals surface area contributed by atoms with Crippen LogP contribution >= 0.6 is 15.9 Å². The molecule has 0 radical (unpaired) electrons. The molecule has 2 fully saturated rings. The lowest BCUT2D eigenvalue weighted by atomic mass is 9.66. The van der Waals surface area contributed by atoms with Gasteiger partial charge in [-0.05, 0) is 79.7 Å². The van der Waals surface area contributed by atoms with Crippen LogP contribution in [0.15, 0.2) is 12.1 Å². The van der Waals surface area contributed by atoms with Crippen LogP contribution in [0, 0.1) is 37.4 Å². The van der Waals surface area contributed by atoms with E-state index in [1.54, 1.807) is 12.1 Å². The lowest BCUT2D eigenvalue weighted by Gasteiger charge is -2.41. The molecule has 0 N–H and O–H groups in total. The maximum Gasteiger partial charge on any atom is 0.123 e. The molecule has 2 aliphatic rings. The molecule has 21 heavy (non-hydrogen) atoms. The smallest absolute Gasteiger partial charge is 0.123 e. The largest absolute Gasteiger partial charge is 0.207 e. The number of halogens is 2. The van der Waals surface area contributed by atoms with Crippen molar-refractivity contribution >= 4 is 15.9 Å². The minimum absolute atomic E-state index is 0.107. The number of alkyl halides is 1. The predicted octanol–water partition coefficient (Wildman–Crippen LogP) is 6.49. The van der Waals surface area contributed by atoms with E-state index in [2.05, 4.69) is 15.9 Å². The van der Waals surface area contributed by atoms with Crippen LogP contribution in [0.1, 0.15) is 66.5 Å². The summed E-state index contributed by atoms with van der Waals surface area (Å²) in [6, 6.07) is 3.37. The molecule has 4 unspecified atom stereocenters. The first-order valence-corrected chi connectivity index (χ1v) is 9.38. The van der Waals surface area contributed by atoms with Gasteiger partial charge in [0.2, 0.25) is 0 Å². The molecule has 0 nitrogen and oxygen atoms in total. The van der Waals surface area contributed by atoms with Crippen molar-refractivity contribution in [1.29, 1.82) is 0 Å². The summed E-state index contributed by atoms with van der Waals surface area (Å²) in [6.07, 6.45) is 9.84. The van der Waals surface area contributed by atoms with Gasteiger partial charge in [0.1, 0.15) is 5.82 Å². The summed E-state index contributed by atoms with van der Waals surface area (Å²) in [5.74, 6) is 2.54. The quantitative estimate of drug-likeness (QED) is 0.534. The highest BCUT2D eigenvalue weighted by molar-refractivity contribution is 9.09. The van der Waals surface area contributed by atoms with Crippen molar-refractivity contribution in [3.05, 3.63) is 34.6 Å². The van der Waals surface area contributed by atoms with Gasteiger partial charge in [-0.1, -0.05) is 41.6 Å². The molecule has 116 valence electrons. The summed E-state index contributed by atoms with van der Waals surface area (Å²) in [5, 5.41) is 0. The van der Waals surface area contributed by atoms with Crippen LogP contribution in [-0.2, 0) is 0 Å². The van der Waals surface area contributed by atoms with Crippen LogP contribution < -0.4 is 0 Å². The zero-order valence-corrected chi connectivity index (χ0v) is 14.8. The number of hydrogen-bond donors (Lipinski definition) is 0. The van der Waals surface area contributed by atoms with Gasteiger partial charge in [0.05, 0.1) is 0 Å². The molecule has 0 saturated heterocycles. The fourth-order valence-electron chi connectivity index (χ4n) is 4.77. The van der Waals surface area contributed by atoms with E-state index in [0.29, 0.717) is 10.7 Å². The summed E-state index contributed by atoms with van der Waals surface area (Å²) >= 11 is 3.97. The maximum absolute atomic E-state index is 13.5. The number of benzene rings is 1. The van der Waals surface area contributed by atoms with Gasteiger partial charge in [0.25, 0.3) is 0 Å². The Morgan fingerprint density at radius 2 is 1.62 bits per heavy atom. The van der Waals surface area contributed by atoms with E-state index >= 15 is 0 Å². The first-order valence-electron chi connectivity index (χ1n) is 8.47. The SMILES string of the molecule is Cc1cc(F)cc(C)c1C(Br)C1CCC2CCCCC2C1. The predicted molar refractivity (Wildman–Crippen MR) is 90.3 cm³/mol. The average molecular weight is 353 g/mol. The van der Waals surface area contributed by atoms with Gasteiger partial charge < -0.3 is 0 Å². The van der Waals surface area contributed by atoms with Crippen molar-refractivity contribution in [2.24, 2.45) is 17.8 Å². The third-order valence-electron chi connectivity index (χ3n) is 5.83. The number of rotatable bonds is 2. The van der Waals surface area contributed by atoms with Crippen molar-refractivity contribution in [2.75, 3.05) is 0 Å². The zero-order chi connectivity index (χ0) is 15.0. The first kappa shape index (κ1) is 15.5. The van der Waals surface area contributed by atoms with E-state index < -0.39 is 0 Å². The lowest BCUT2D eigenvalue weighted by Crippen LogP contribution is -2.29. The molecule has 0 aromatic heterocycles. The Hall–Kier alpha value is -0.370. The summed E-state index contributed by atoms with van der Waals surface area (Å²) in [6.45, 7) is 4.10. The molecule has 1 aromatic carbocycles. The second-order valence-electron chi connectivity index (χ2n) is 7.23. The lowest BCUT2D eigenvalue weighted by molar-refractivity contribution is 0.129. The molecule has 1 aromatic rings. The van der Waals surface area contributed by atoms with Crippen LogP contribution in [-0.4, -0.2) is 0 Å². The molecule has 2 saturated carbocycles. The molecular weight excluding hydrogens is 327 g/mol. The standard InChI is InChI=1S/C19H26BrF/c1-12-9-17(21)10-13(2)18(12)19(20)16-8-7-14-5-3-4-6-15(14)11-16/h9-10,14-16,19H,3-8,11H2,1-2H3. The van der Waals surface area contributed by atoms with Gasteiger partial charge in [0.15, 0.2) is 0 Å². The van der Waals surface area contributed by atoms with E-state index in [9.17, 15) is 4.39 Å². The molecule has 0 heterocycles. The monoisotopic (exact) mass is 352 g/mol. The maximum atomic E-state index is 13.5. The third-order valence-corrected chi connectivity index (χ3v) is 7.03. The van der Waals surface area contributed by atoms with Crippen molar-refractivity contribution in [3.8, 4) is 0 Å². The number of fused-ring (bicyclic) bond motifs is 1. The van der Waals surface area contributed by atoms with E-state index in [-0.39, 0.29) is 5.82 Å². The van der Waals surface area contributed by atoms with Crippen molar-refractivity contribution < 1.29 is 4.39 Å². The average Bonchev–Trinajstić information content (AvgIpc) is 2.45. The topological polar surface area (TPSA) is 0 Å². The highest BCUT2D eigenvalue weighted by Crippen LogP contribution is 2.49. The first-order chi connectivity index (χ1) is 10.1. The van der Waals surface area contributed by atoms with Gasteiger partial charge in [0, 0.05) is 4.83 Å². The summed E-state index contributed by atoms with van der Waals surface area (Å²) < 4.78 is 13.5. The van der Waals surface area contributed by atoms with E-state index in [4.69, 9.17) is 0 Å². The minimum Gasteiger partial charge on any atom is -0.207 e. The Kier molecular flexibility index (Phi) is 4.73. The van der Waals surface area contributed by atoms with Crippen LogP contribution in [0.25, 0.3) is 0 Å². The van der Waals surface area contributed by atoms with E-state index in [1.165, 1.54) is 50.5 Å². The van der Waals surface area contributed by atoms with Crippen molar-refractivity contribution in [2.45, 2.75) is 63.6 Å². The summed E-state index contributed by atoms with van der Waals surface area (Å²) in [4.78, 5) is 0.390. The number of hydrogen-bond acceptors (Lipinski definition) is 0. The molecule has 0 aliphatic heterocycles. The Morgan fingerprint density at radius 1 is 1.00 bits per heavy atom. The van der Waals surface area contributed by atoms with Gasteiger partial charge in [-0.25, -0.2) is 4.39 Å². The van der Waals surface area contributed by atoms with Gasteiger partial charge in [-0.3, -0.25) is 0 Å². The Labute approximate surface area is 136 Å². The normalized spacial score (nSPS) is 30.8. The zero-order valence-electron chi connectivity index (χ0n) is 13.2. The molecule has 2 aliphatic carbocycles. The fraction of sp³-hybridized carbons (Fsp3) is 0.684. The summed E-state index contributed by atoms with van der Waals surface area (Å²) in [7, 11) is 0. The second-order valence-corrected chi connectivity index (χ2v) is 8.22. The summed E-state index contributed by atoms with van der Waals surface area (Å²) in [5.41, 5.74) is 3.52. The van der Waals surface area contributed by atoms with Crippen LogP contribution in [0.5, 0.6) is 0 Å².